The molecular formula is C11H9BrN4O2. The Balaban J connectivity index is 2.09. The van der Waals surface area contributed by atoms with Gasteiger partial charge >= 0.3 is 6.03 Å². The summed E-state index contributed by atoms with van der Waals surface area (Å²) in [6.07, 6.45) is 0.299. The molecule has 3 rings (SSSR count). The first kappa shape index (κ1) is 11.2. The Hall–Kier alpha value is -1.89. The topological polar surface area (TPSA) is 78.1 Å². The lowest BCUT2D eigenvalue weighted by Gasteiger charge is -2.26. The highest BCUT2D eigenvalue weighted by atomic mass is 79.9. The van der Waals surface area contributed by atoms with Gasteiger partial charge in [-0.1, -0.05) is 6.07 Å². The van der Waals surface area contributed by atoms with Crippen molar-refractivity contribution in [1.82, 2.24) is 15.5 Å². The number of urea groups is 1. The monoisotopic (exact) mass is 308 g/mol. The molecule has 2 aromatic rings. The van der Waals surface area contributed by atoms with Crippen LogP contribution in [-0.4, -0.2) is 28.7 Å². The van der Waals surface area contributed by atoms with Crippen LogP contribution in [-0.2, 0) is 4.79 Å². The number of carbonyl (C=O) groups is 2. The Bertz CT molecular complexity index is 652. The van der Waals surface area contributed by atoms with E-state index in [9.17, 15) is 9.59 Å². The predicted octanol–water partition coefficient (Wildman–Crippen LogP) is 1.77. The maximum atomic E-state index is 11.8. The highest BCUT2D eigenvalue weighted by Gasteiger charge is 2.26. The fourth-order valence-electron chi connectivity index (χ4n) is 2.00. The number of amides is 3. The van der Waals surface area contributed by atoms with E-state index in [1.165, 1.54) is 4.90 Å². The van der Waals surface area contributed by atoms with Gasteiger partial charge in [0.1, 0.15) is 10.1 Å². The Morgan fingerprint density at radius 3 is 2.94 bits per heavy atom. The molecule has 6 nitrogen and oxygen atoms in total. The molecule has 0 atom stereocenters. The third-order valence-corrected chi connectivity index (χ3v) is 3.47. The number of hydrogen-bond acceptors (Lipinski definition) is 3. The Morgan fingerprint density at radius 1 is 1.33 bits per heavy atom. The van der Waals surface area contributed by atoms with Crippen LogP contribution in [0.5, 0.6) is 0 Å². The summed E-state index contributed by atoms with van der Waals surface area (Å²) >= 11 is 3.36. The summed E-state index contributed by atoms with van der Waals surface area (Å²) in [5, 5.41) is 10.2. The molecule has 18 heavy (non-hydrogen) atoms. The number of nitrogens with zero attached hydrogens (tertiary/aromatic N) is 2. The van der Waals surface area contributed by atoms with E-state index in [0.717, 1.165) is 9.99 Å². The summed E-state index contributed by atoms with van der Waals surface area (Å²) in [6.45, 7) is 0.369. The molecule has 7 heteroatoms. The standard InChI is InChI=1S/C11H9BrN4O2/c12-10-6-2-1-3-7(9(6)14-15-10)16-5-4-8(17)13-11(16)18/h1-3H,4-5H2,(H,14,15)(H,13,17,18). The fourth-order valence-corrected chi connectivity index (χ4v) is 2.41. The summed E-state index contributed by atoms with van der Waals surface area (Å²) in [5.74, 6) is -0.244. The van der Waals surface area contributed by atoms with Gasteiger partial charge < -0.3 is 0 Å². The number of carbonyl (C=O) groups excluding carboxylic acids is 2. The van der Waals surface area contributed by atoms with Crippen molar-refractivity contribution in [3.63, 3.8) is 0 Å². The van der Waals surface area contributed by atoms with Gasteiger partial charge in [0.05, 0.1) is 5.69 Å². The van der Waals surface area contributed by atoms with E-state index in [1.807, 2.05) is 18.2 Å². The molecule has 1 aromatic carbocycles. The Morgan fingerprint density at radius 2 is 2.17 bits per heavy atom. The zero-order valence-corrected chi connectivity index (χ0v) is 10.8. The van der Waals surface area contributed by atoms with Crippen molar-refractivity contribution >= 4 is 44.5 Å². The summed E-state index contributed by atoms with van der Waals surface area (Å²) < 4.78 is 0.771. The molecular weight excluding hydrogens is 300 g/mol. The summed E-state index contributed by atoms with van der Waals surface area (Å²) in [7, 11) is 0. The number of halogens is 1. The normalized spacial score (nSPS) is 16.2. The number of para-hydroxylation sites is 1. The van der Waals surface area contributed by atoms with E-state index in [4.69, 9.17) is 0 Å². The molecule has 1 fully saturated rings. The van der Waals surface area contributed by atoms with Crippen LogP contribution in [0.15, 0.2) is 22.8 Å². The van der Waals surface area contributed by atoms with E-state index >= 15 is 0 Å². The molecule has 0 radical (unpaired) electrons. The van der Waals surface area contributed by atoms with Gasteiger partial charge in [0.2, 0.25) is 5.91 Å². The number of fused-ring (bicyclic) bond motifs is 1. The number of H-pyrrole nitrogens is 1. The van der Waals surface area contributed by atoms with Gasteiger partial charge in [0.15, 0.2) is 0 Å². The van der Waals surface area contributed by atoms with Crippen molar-refractivity contribution in [2.45, 2.75) is 6.42 Å². The molecule has 0 unspecified atom stereocenters. The Kier molecular flexibility index (Phi) is 2.55. The van der Waals surface area contributed by atoms with Gasteiger partial charge in [-0.25, -0.2) is 4.79 Å². The lowest BCUT2D eigenvalue weighted by atomic mass is 10.2. The quantitative estimate of drug-likeness (QED) is 0.843. The maximum absolute atomic E-state index is 11.8. The lowest BCUT2D eigenvalue weighted by molar-refractivity contribution is -0.120. The molecule has 0 bridgehead atoms. The fraction of sp³-hybridized carbons (Fsp3) is 0.182. The van der Waals surface area contributed by atoms with Crippen LogP contribution in [0, 0.1) is 0 Å². The number of rotatable bonds is 1. The van der Waals surface area contributed by atoms with Crippen molar-refractivity contribution < 1.29 is 9.59 Å². The van der Waals surface area contributed by atoms with E-state index in [0.29, 0.717) is 24.2 Å². The summed E-state index contributed by atoms with van der Waals surface area (Å²) in [5.41, 5.74) is 1.40. The van der Waals surface area contributed by atoms with Crippen LogP contribution in [0.2, 0.25) is 0 Å². The third-order valence-electron chi connectivity index (χ3n) is 2.86. The van der Waals surface area contributed by atoms with Gasteiger partial charge in [-0.2, -0.15) is 5.10 Å². The molecule has 2 N–H and O–H groups in total. The minimum atomic E-state index is -0.405. The number of nitrogens with one attached hydrogen (secondary N) is 2. The van der Waals surface area contributed by atoms with Crippen LogP contribution in [0.4, 0.5) is 10.5 Å². The second kappa shape index (κ2) is 4.09. The average molecular weight is 309 g/mol. The van der Waals surface area contributed by atoms with Gasteiger partial charge in [0.25, 0.3) is 0 Å². The van der Waals surface area contributed by atoms with Crippen molar-refractivity contribution in [3.05, 3.63) is 22.8 Å². The number of hydrogen-bond donors (Lipinski definition) is 2. The van der Waals surface area contributed by atoms with Crippen molar-refractivity contribution in [2.75, 3.05) is 11.4 Å². The highest BCUT2D eigenvalue weighted by molar-refractivity contribution is 9.10. The van der Waals surface area contributed by atoms with E-state index < -0.39 is 6.03 Å². The van der Waals surface area contributed by atoms with Crippen molar-refractivity contribution in [2.24, 2.45) is 0 Å². The second-order valence-electron chi connectivity index (χ2n) is 3.97. The first-order valence-corrected chi connectivity index (χ1v) is 6.20. The summed E-state index contributed by atoms with van der Waals surface area (Å²) in [4.78, 5) is 24.5. The first-order valence-electron chi connectivity index (χ1n) is 5.41. The van der Waals surface area contributed by atoms with Crippen LogP contribution in [0.1, 0.15) is 6.42 Å². The SMILES string of the molecule is O=C1CCN(c2cccc3c(Br)[nH]nc23)C(=O)N1. The van der Waals surface area contributed by atoms with Crippen LogP contribution < -0.4 is 10.2 Å². The smallest absolute Gasteiger partial charge is 0.291 e. The van der Waals surface area contributed by atoms with Crippen LogP contribution in [0.25, 0.3) is 10.9 Å². The zero-order chi connectivity index (χ0) is 12.7. The average Bonchev–Trinajstić information content (AvgIpc) is 2.72. The van der Waals surface area contributed by atoms with Crippen LogP contribution >= 0.6 is 15.9 Å². The molecule has 1 aromatic heterocycles. The predicted molar refractivity (Wildman–Crippen MR) is 69.3 cm³/mol. The lowest BCUT2D eigenvalue weighted by Crippen LogP contribution is -2.49. The molecule has 0 saturated carbocycles. The molecule has 1 aliphatic heterocycles. The van der Waals surface area contributed by atoms with Gasteiger partial charge in [0, 0.05) is 18.4 Å². The van der Waals surface area contributed by atoms with E-state index in [1.54, 1.807) is 0 Å². The van der Waals surface area contributed by atoms with Crippen LogP contribution in [0.3, 0.4) is 0 Å². The molecule has 2 heterocycles. The largest absolute Gasteiger partial charge is 0.328 e. The molecule has 0 aliphatic carbocycles. The number of imide groups is 1. The zero-order valence-electron chi connectivity index (χ0n) is 9.24. The molecule has 0 spiro atoms. The van der Waals surface area contributed by atoms with Gasteiger partial charge in [-0.15, -0.1) is 0 Å². The van der Waals surface area contributed by atoms with Crippen molar-refractivity contribution in [3.8, 4) is 0 Å². The Labute approximate surface area is 110 Å². The third kappa shape index (κ3) is 1.67. The van der Waals surface area contributed by atoms with Crippen molar-refractivity contribution in [1.29, 1.82) is 0 Å². The molecule has 92 valence electrons. The minimum Gasteiger partial charge on any atom is -0.291 e. The van der Waals surface area contributed by atoms with Gasteiger partial charge in [-0.3, -0.25) is 20.1 Å². The molecule has 3 amide bonds. The number of benzene rings is 1. The molecule has 1 aliphatic rings. The second-order valence-corrected chi connectivity index (χ2v) is 4.76. The number of aromatic amines is 1. The summed E-state index contributed by atoms with van der Waals surface area (Å²) in [6, 6.07) is 5.16. The minimum absolute atomic E-state index is 0.244. The number of anilines is 1. The first-order chi connectivity index (χ1) is 8.66. The maximum Gasteiger partial charge on any atom is 0.328 e. The molecule has 1 saturated heterocycles. The van der Waals surface area contributed by atoms with E-state index in [2.05, 4.69) is 31.4 Å². The van der Waals surface area contributed by atoms with E-state index in [-0.39, 0.29) is 5.91 Å². The van der Waals surface area contributed by atoms with Gasteiger partial charge in [-0.05, 0) is 28.1 Å². The highest BCUT2D eigenvalue weighted by Crippen LogP contribution is 2.30. The number of aromatic nitrogens is 2.